The van der Waals surface area contributed by atoms with E-state index in [2.05, 4.69) is 35.9 Å². The fourth-order valence-corrected chi connectivity index (χ4v) is 2.23. The van der Waals surface area contributed by atoms with Gasteiger partial charge in [0, 0.05) is 6.54 Å². The molecule has 2 nitrogen and oxygen atoms in total. The van der Waals surface area contributed by atoms with Crippen molar-refractivity contribution in [1.29, 1.82) is 0 Å². The number of rotatable bonds is 5. The van der Waals surface area contributed by atoms with E-state index in [0.29, 0.717) is 0 Å². The summed E-state index contributed by atoms with van der Waals surface area (Å²) >= 11 is 0. The first-order valence-electron chi connectivity index (χ1n) is 6.55. The molecule has 0 aromatic heterocycles. The van der Waals surface area contributed by atoms with E-state index >= 15 is 0 Å². The van der Waals surface area contributed by atoms with E-state index in [0.717, 1.165) is 24.9 Å². The molecule has 1 aliphatic rings. The van der Waals surface area contributed by atoms with Crippen LogP contribution in [0.5, 0.6) is 0 Å². The van der Waals surface area contributed by atoms with Crippen molar-refractivity contribution in [2.24, 2.45) is 11.8 Å². The maximum absolute atomic E-state index is 3.57. The molecule has 0 aromatic carbocycles. The zero-order valence-corrected chi connectivity index (χ0v) is 11.1. The van der Waals surface area contributed by atoms with Gasteiger partial charge >= 0.3 is 0 Å². The Balaban J connectivity index is 2.18. The molecule has 16 heavy (non-hydrogen) atoms. The zero-order chi connectivity index (χ0) is 11.8. The van der Waals surface area contributed by atoms with Gasteiger partial charge in [0.25, 0.3) is 0 Å². The van der Waals surface area contributed by atoms with E-state index in [1.807, 2.05) is 6.92 Å². The summed E-state index contributed by atoms with van der Waals surface area (Å²) in [6.45, 7) is 12.2. The molecule has 92 valence electrons. The molecule has 0 bridgehead atoms. The van der Waals surface area contributed by atoms with Gasteiger partial charge in [0.2, 0.25) is 0 Å². The Kier molecular flexibility index (Phi) is 6.52. The van der Waals surface area contributed by atoms with Crippen LogP contribution >= 0.6 is 0 Å². The van der Waals surface area contributed by atoms with Crippen LogP contribution in [0.3, 0.4) is 0 Å². The molecule has 0 spiro atoms. The van der Waals surface area contributed by atoms with E-state index in [1.54, 1.807) is 0 Å². The van der Waals surface area contributed by atoms with E-state index in [1.165, 1.54) is 32.5 Å². The van der Waals surface area contributed by atoms with Crippen LogP contribution < -0.4 is 5.32 Å². The molecule has 1 atom stereocenters. The Morgan fingerprint density at radius 2 is 2.25 bits per heavy atom. The predicted molar refractivity (Wildman–Crippen MR) is 70.3 cm³/mol. The maximum Gasteiger partial charge on any atom is 0.0601 e. The van der Waals surface area contributed by atoms with Crippen molar-refractivity contribution in [2.45, 2.75) is 33.6 Å². The third kappa shape index (κ3) is 5.53. The van der Waals surface area contributed by atoms with Crippen LogP contribution in [-0.4, -0.2) is 37.6 Å². The minimum atomic E-state index is 0.755. The fraction of sp³-hybridized carbons (Fsp3) is 0.857. The van der Waals surface area contributed by atoms with Crippen molar-refractivity contribution in [3.63, 3.8) is 0 Å². The number of nitrogens with zero attached hydrogens (tertiary/aromatic N) is 1. The molecule has 0 saturated carbocycles. The highest BCUT2D eigenvalue weighted by Crippen LogP contribution is 2.15. The molecule has 0 aliphatic carbocycles. The lowest BCUT2D eigenvalue weighted by molar-refractivity contribution is 0.190. The lowest BCUT2D eigenvalue weighted by Gasteiger charge is -2.31. The number of nitrogens with one attached hydrogen (secondary N) is 1. The molecule has 0 aromatic rings. The first-order chi connectivity index (χ1) is 7.72. The van der Waals surface area contributed by atoms with Crippen LogP contribution in [0, 0.1) is 23.7 Å². The topological polar surface area (TPSA) is 15.3 Å². The molecule has 1 heterocycles. The monoisotopic (exact) mass is 222 g/mol. The van der Waals surface area contributed by atoms with Gasteiger partial charge in [0.15, 0.2) is 0 Å². The first-order valence-corrected chi connectivity index (χ1v) is 6.55. The van der Waals surface area contributed by atoms with Crippen LogP contribution in [0.25, 0.3) is 0 Å². The second-order valence-electron chi connectivity index (χ2n) is 5.22. The van der Waals surface area contributed by atoms with Crippen LogP contribution in [0.2, 0.25) is 0 Å². The van der Waals surface area contributed by atoms with Crippen molar-refractivity contribution < 1.29 is 0 Å². The largest absolute Gasteiger partial charge is 0.316 e. The van der Waals surface area contributed by atoms with Crippen LogP contribution in [0.15, 0.2) is 0 Å². The van der Waals surface area contributed by atoms with Crippen molar-refractivity contribution in [3.8, 4) is 11.8 Å². The summed E-state index contributed by atoms with van der Waals surface area (Å²) in [6, 6.07) is 0. The number of hydrogen-bond donors (Lipinski definition) is 1. The van der Waals surface area contributed by atoms with Gasteiger partial charge < -0.3 is 5.32 Å². The zero-order valence-electron chi connectivity index (χ0n) is 11.1. The van der Waals surface area contributed by atoms with Gasteiger partial charge in [0.05, 0.1) is 6.54 Å². The van der Waals surface area contributed by atoms with Crippen LogP contribution in [0.4, 0.5) is 0 Å². The van der Waals surface area contributed by atoms with Gasteiger partial charge in [-0.2, -0.15) is 0 Å². The predicted octanol–water partition coefficient (Wildman–Crippen LogP) is 1.97. The molecule has 1 fully saturated rings. The highest BCUT2D eigenvalue weighted by atomic mass is 15.1. The summed E-state index contributed by atoms with van der Waals surface area (Å²) < 4.78 is 0. The Morgan fingerprint density at radius 3 is 2.94 bits per heavy atom. The van der Waals surface area contributed by atoms with Crippen molar-refractivity contribution in [3.05, 3.63) is 0 Å². The standard InChI is InChI=1S/C14H26N2/c1-4-5-8-16-9-6-7-14(12-16)11-15-10-13(2)3/h13-15H,6-12H2,1-3H3. The Bertz CT molecular complexity index is 237. The lowest BCUT2D eigenvalue weighted by Crippen LogP contribution is -2.40. The van der Waals surface area contributed by atoms with Gasteiger partial charge in [0.1, 0.15) is 0 Å². The van der Waals surface area contributed by atoms with E-state index in [9.17, 15) is 0 Å². The normalized spacial score (nSPS) is 21.9. The minimum Gasteiger partial charge on any atom is -0.316 e. The van der Waals surface area contributed by atoms with Gasteiger partial charge in [-0.05, 0) is 51.2 Å². The molecular formula is C14H26N2. The number of hydrogen-bond acceptors (Lipinski definition) is 2. The summed E-state index contributed by atoms with van der Waals surface area (Å²) in [5.41, 5.74) is 0. The lowest BCUT2D eigenvalue weighted by atomic mass is 9.98. The van der Waals surface area contributed by atoms with E-state index < -0.39 is 0 Å². The fourth-order valence-electron chi connectivity index (χ4n) is 2.23. The van der Waals surface area contributed by atoms with Crippen molar-refractivity contribution in [1.82, 2.24) is 10.2 Å². The van der Waals surface area contributed by atoms with E-state index in [4.69, 9.17) is 0 Å². The molecule has 1 unspecified atom stereocenters. The molecule has 2 heteroatoms. The molecule has 1 N–H and O–H groups in total. The molecule has 1 rings (SSSR count). The van der Waals surface area contributed by atoms with Gasteiger partial charge in [-0.3, -0.25) is 4.90 Å². The van der Waals surface area contributed by atoms with Gasteiger partial charge in [-0.15, -0.1) is 5.92 Å². The Hall–Kier alpha value is -0.520. The highest BCUT2D eigenvalue weighted by molar-refractivity contribution is 4.98. The van der Waals surface area contributed by atoms with Crippen LogP contribution in [0.1, 0.15) is 33.6 Å². The molecule has 0 radical (unpaired) electrons. The highest BCUT2D eigenvalue weighted by Gasteiger charge is 2.18. The summed E-state index contributed by atoms with van der Waals surface area (Å²) in [6.07, 6.45) is 2.71. The van der Waals surface area contributed by atoms with Gasteiger partial charge in [-0.1, -0.05) is 19.8 Å². The second kappa shape index (κ2) is 7.70. The summed E-state index contributed by atoms with van der Waals surface area (Å²) in [4.78, 5) is 2.49. The first kappa shape index (κ1) is 13.5. The smallest absolute Gasteiger partial charge is 0.0601 e. The Labute approximate surface area is 101 Å². The summed E-state index contributed by atoms with van der Waals surface area (Å²) in [5.74, 6) is 7.73. The van der Waals surface area contributed by atoms with Crippen molar-refractivity contribution >= 4 is 0 Å². The minimum absolute atomic E-state index is 0.755. The third-order valence-electron chi connectivity index (χ3n) is 3.07. The second-order valence-corrected chi connectivity index (χ2v) is 5.22. The molecular weight excluding hydrogens is 196 g/mol. The van der Waals surface area contributed by atoms with E-state index in [-0.39, 0.29) is 0 Å². The quantitative estimate of drug-likeness (QED) is 0.716. The van der Waals surface area contributed by atoms with Crippen molar-refractivity contribution in [2.75, 3.05) is 32.7 Å². The molecule has 1 aliphatic heterocycles. The summed E-state index contributed by atoms with van der Waals surface area (Å²) in [5, 5.41) is 3.57. The average molecular weight is 222 g/mol. The van der Waals surface area contributed by atoms with Crippen LogP contribution in [-0.2, 0) is 0 Å². The number of likely N-dealkylation sites (tertiary alicyclic amines) is 1. The van der Waals surface area contributed by atoms with Gasteiger partial charge in [-0.25, -0.2) is 0 Å². The third-order valence-corrected chi connectivity index (χ3v) is 3.07. The maximum atomic E-state index is 3.57. The molecule has 1 saturated heterocycles. The molecule has 0 amide bonds. The SMILES string of the molecule is CC#CCN1CCCC(CNCC(C)C)C1. The summed E-state index contributed by atoms with van der Waals surface area (Å²) in [7, 11) is 0. The number of piperidine rings is 1. The average Bonchev–Trinajstić information content (AvgIpc) is 2.26. The Morgan fingerprint density at radius 1 is 1.44 bits per heavy atom.